The molecule has 1 aromatic rings. The average molecular weight is 296 g/mol. The molecule has 0 fully saturated rings. The van der Waals surface area contributed by atoms with Crippen molar-refractivity contribution in [3.8, 4) is 0 Å². The van der Waals surface area contributed by atoms with E-state index in [0.717, 1.165) is 30.6 Å². The second kappa shape index (κ2) is 6.59. The molecule has 0 saturated heterocycles. The lowest BCUT2D eigenvalue weighted by Gasteiger charge is -2.30. The van der Waals surface area contributed by atoms with Crippen LogP contribution in [0.2, 0.25) is 0 Å². The molecule has 1 heterocycles. The van der Waals surface area contributed by atoms with E-state index in [9.17, 15) is 8.42 Å². The van der Waals surface area contributed by atoms with Gasteiger partial charge in [-0.3, -0.25) is 4.31 Å². The summed E-state index contributed by atoms with van der Waals surface area (Å²) in [6.45, 7) is 5.48. The van der Waals surface area contributed by atoms with Gasteiger partial charge in [-0.15, -0.1) is 0 Å². The van der Waals surface area contributed by atoms with E-state index in [1.807, 2.05) is 24.3 Å². The SMILES string of the molecule is CC(C)NCCCS(=O)(=O)N1CCCc2ccccc21. The van der Waals surface area contributed by atoms with Gasteiger partial charge in [0.25, 0.3) is 0 Å². The average Bonchev–Trinajstić information content (AvgIpc) is 2.43. The Morgan fingerprint density at radius 2 is 2.05 bits per heavy atom. The van der Waals surface area contributed by atoms with Gasteiger partial charge in [0, 0.05) is 12.6 Å². The van der Waals surface area contributed by atoms with E-state index in [1.54, 1.807) is 4.31 Å². The summed E-state index contributed by atoms with van der Waals surface area (Å²) >= 11 is 0. The lowest BCUT2D eigenvalue weighted by Crippen LogP contribution is -2.38. The van der Waals surface area contributed by atoms with Crippen LogP contribution >= 0.6 is 0 Å². The number of sulfonamides is 1. The highest BCUT2D eigenvalue weighted by atomic mass is 32.2. The third kappa shape index (κ3) is 3.73. The molecule has 0 atom stereocenters. The fourth-order valence-corrected chi connectivity index (χ4v) is 4.16. The summed E-state index contributed by atoms with van der Waals surface area (Å²) in [7, 11) is -3.20. The first kappa shape index (κ1) is 15.3. The standard InChI is InChI=1S/C15H24N2O2S/c1-13(2)16-10-6-12-20(18,19)17-11-5-8-14-7-3-4-9-15(14)17/h3-4,7,9,13,16H,5-6,8,10-12H2,1-2H3. The van der Waals surface area contributed by atoms with Crippen LogP contribution in [0.5, 0.6) is 0 Å². The van der Waals surface area contributed by atoms with Crippen molar-refractivity contribution in [1.82, 2.24) is 5.32 Å². The first-order valence-corrected chi connectivity index (χ1v) is 8.93. The van der Waals surface area contributed by atoms with Crippen molar-refractivity contribution in [2.24, 2.45) is 0 Å². The summed E-state index contributed by atoms with van der Waals surface area (Å²) < 4.78 is 26.6. The predicted molar refractivity (Wildman–Crippen MR) is 83.7 cm³/mol. The molecule has 20 heavy (non-hydrogen) atoms. The highest BCUT2D eigenvalue weighted by Gasteiger charge is 2.26. The molecular formula is C15H24N2O2S. The largest absolute Gasteiger partial charge is 0.314 e. The predicted octanol–water partition coefficient (Wildman–Crippen LogP) is 2.16. The topological polar surface area (TPSA) is 49.4 Å². The van der Waals surface area contributed by atoms with Crippen molar-refractivity contribution in [2.45, 2.75) is 39.2 Å². The van der Waals surface area contributed by atoms with Gasteiger partial charge < -0.3 is 5.32 Å². The van der Waals surface area contributed by atoms with Gasteiger partial charge in [-0.25, -0.2) is 8.42 Å². The van der Waals surface area contributed by atoms with Crippen molar-refractivity contribution < 1.29 is 8.42 Å². The highest BCUT2D eigenvalue weighted by Crippen LogP contribution is 2.29. The third-order valence-corrected chi connectivity index (χ3v) is 5.39. The summed E-state index contributed by atoms with van der Waals surface area (Å²) in [6, 6.07) is 8.22. The van der Waals surface area contributed by atoms with Gasteiger partial charge in [-0.05, 0) is 37.4 Å². The molecule has 0 bridgehead atoms. The number of benzene rings is 1. The van der Waals surface area contributed by atoms with Gasteiger partial charge in [-0.2, -0.15) is 0 Å². The summed E-state index contributed by atoms with van der Waals surface area (Å²) in [5.41, 5.74) is 2.01. The van der Waals surface area contributed by atoms with E-state index in [1.165, 1.54) is 0 Å². The number of nitrogens with zero attached hydrogens (tertiary/aromatic N) is 1. The first-order valence-electron chi connectivity index (χ1n) is 7.32. The number of anilines is 1. The smallest absolute Gasteiger partial charge is 0.235 e. The minimum absolute atomic E-state index is 0.209. The molecule has 1 N–H and O–H groups in total. The highest BCUT2D eigenvalue weighted by molar-refractivity contribution is 7.92. The molecule has 0 saturated carbocycles. The van der Waals surface area contributed by atoms with E-state index in [2.05, 4.69) is 19.2 Å². The van der Waals surface area contributed by atoms with Crippen LogP contribution in [0.3, 0.4) is 0 Å². The second-order valence-electron chi connectivity index (χ2n) is 5.58. The molecule has 2 rings (SSSR count). The quantitative estimate of drug-likeness (QED) is 0.818. The molecule has 0 amide bonds. The molecule has 0 unspecified atom stereocenters. The molecule has 4 nitrogen and oxygen atoms in total. The lowest BCUT2D eigenvalue weighted by atomic mass is 10.0. The van der Waals surface area contributed by atoms with E-state index < -0.39 is 10.0 Å². The first-order chi connectivity index (χ1) is 9.50. The zero-order valence-corrected chi connectivity index (χ0v) is 13.1. The molecule has 1 aliphatic rings. The molecule has 112 valence electrons. The zero-order valence-electron chi connectivity index (χ0n) is 12.3. The van der Waals surface area contributed by atoms with E-state index in [-0.39, 0.29) is 5.75 Å². The number of nitrogens with one attached hydrogen (secondary N) is 1. The van der Waals surface area contributed by atoms with Gasteiger partial charge in [0.1, 0.15) is 0 Å². The zero-order chi connectivity index (χ0) is 14.6. The summed E-state index contributed by atoms with van der Waals surface area (Å²) in [5, 5.41) is 3.26. The van der Waals surface area contributed by atoms with Crippen LogP contribution in [0.1, 0.15) is 32.3 Å². The number of fused-ring (bicyclic) bond motifs is 1. The van der Waals surface area contributed by atoms with E-state index in [4.69, 9.17) is 0 Å². The Kier molecular flexibility index (Phi) is 5.05. The van der Waals surface area contributed by atoms with Crippen LogP contribution in [-0.4, -0.2) is 33.3 Å². The fourth-order valence-electron chi connectivity index (χ4n) is 2.54. The van der Waals surface area contributed by atoms with Crippen molar-refractivity contribution in [3.05, 3.63) is 29.8 Å². The number of rotatable bonds is 6. The Balaban J connectivity index is 2.03. The van der Waals surface area contributed by atoms with Gasteiger partial charge >= 0.3 is 0 Å². The second-order valence-corrected chi connectivity index (χ2v) is 7.60. The van der Waals surface area contributed by atoms with Crippen molar-refractivity contribution >= 4 is 15.7 Å². The maximum Gasteiger partial charge on any atom is 0.235 e. The lowest BCUT2D eigenvalue weighted by molar-refractivity contribution is 0.564. The molecule has 0 aliphatic carbocycles. The molecule has 1 aliphatic heterocycles. The normalized spacial score (nSPS) is 15.4. The van der Waals surface area contributed by atoms with Crippen LogP contribution in [0, 0.1) is 0 Å². The fraction of sp³-hybridized carbons (Fsp3) is 0.600. The molecular weight excluding hydrogens is 272 g/mol. The van der Waals surface area contributed by atoms with Crippen molar-refractivity contribution in [3.63, 3.8) is 0 Å². The molecule has 0 radical (unpaired) electrons. The minimum Gasteiger partial charge on any atom is -0.314 e. The van der Waals surface area contributed by atoms with Crippen molar-refractivity contribution in [2.75, 3.05) is 23.1 Å². The van der Waals surface area contributed by atoms with Gasteiger partial charge in [0.05, 0.1) is 11.4 Å². The molecule has 5 heteroatoms. The van der Waals surface area contributed by atoms with Gasteiger partial charge in [-0.1, -0.05) is 32.0 Å². The van der Waals surface area contributed by atoms with Crippen LogP contribution in [0.15, 0.2) is 24.3 Å². The monoisotopic (exact) mass is 296 g/mol. The van der Waals surface area contributed by atoms with Crippen LogP contribution in [-0.2, 0) is 16.4 Å². The molecule has 1 aromatic carbocycles. The third-order valence-electron chi connectivity index (χ3n) is 3.54. The number of hydrogen-bond donors (Lipinski definition) is 1. The van der Waals surface area contributed by atoms with Gasteiger partial charge in [0.2, 0.25) is 10.0 Å². The van der Waals surface area contributed by atoms with E-state index >= 15 is 0 Å². The Bertz CT molecular complexity index is 541. The van der Waals surface area contributed by atoms with E-state index in [0.29, 0.717) is 19.0 Å². The Labute approximate surface area is 122 Å². The Hall–Kier alpha value is -1.07. The minimum atomic E-state index is -3.20. The van der Waals surface area contributed by atoms with Crippen molar-refractivity contribution in [1.29, 1.82) is 0 Å². The van der Waals surface area contributed by atoms with Crippen LogP contribution in [0.4, 0.5) is 5.69 Å². The number of aryl methyl sites for hydroxylation is 1. The molecule has 0 aromatic heterocycles. The maximum absolute atomic E-state index is 12.5. The summed E-state index contributed by atoms with van der Waals surface area (Å²) in [5.74, 6) is 0.209. The van der Waals surface area contributed by atoms with Crippen LogP contribution < -0.4 is 9.62 Å². The van der Waals surface area contributed by atoms with Gasteiger partial charge in [0.15, 0.2) is 0 Å². The maximum atomic E-state index is 12.5. The Morgan fingerprint density at radius 1 is 1.30 bits per heavy atom. The summed E-state index contributed by atoms with van der Waals surface area (Å²) in [6.07, 6.45) is 2.52. The Morgan fingerprint density at radius 3 is 2.80 bits per heavy atom. The number of para-hydroxylation sites is 1. The van der Waals surface area contributed by atoms with Crippen LogP contribution in [0.25, 0.3) is 0 Å². The molecule has 0 spiro atoms. The number of hydrogen-bond acceptors (Lipinski definition) is 3. The summed E-state index contributed by atoms with van der Waals surface area (Å²) in [4.78, 5) is 0.